The van der Waals surface area contributed by atoms with Gasteiger partial charge in [0.15, 0.2) is 0 Å². The normalized spacial score (nSPS) is 29.6. The maximum Gasteiger partial charge on any atom is 0.0790 e. The standard InChI is InChI=1S/C11H22N2O/c1-2-7-11(6-1)14-13-9-10-5-3-4-8-12-10/h10-13H,1-9H2. The molecule has 14 heavy (non-hydrogen) atoms. The summed E-state index contributed by atoms with van der Waals surface area (Å²) in [5, 5.41) is 3.50. The predicted octanol–water partition coefficient (Wildman–Crippen LogP) is 1.59. The van der Waals surface area contributed by atoms with E-state index in [1.165, 1.54) is 51.5 Å². The molecule has 1 saturated carbocycles. The van der Waals surface area contributed by atoms with Crippen molar-refractivity contribution in [3.63, 3.8) is 0 Å². The number of hydroxylamine groups is 1. The largest absolute Gasteiger partial charge is 0.313 e. The third kappa shape index (κ3) is 3.23. The molecule has 0 aromatic rings. The van der Waals surface area contributed by atoms with Crippen LogP contribution < -0.4 is 10.8 Å². The summed E-state index contributed by atoms with van der Waals surface area (Å²) in [6, 6.07) is 0.630. The first-order chi connectivity index (χ1) is 6.95. The Balaban J connectivity index is 1.52. The van der Waals surface area contributed by atoms with Crippen LogP contribution in [0.25, 0.3) is 0 Å². The molecule has 1 unspecified atom stereocenters. The lowest BCUT2D eigenvalue weighted by molar-refractivity contribution is -0.0250. The molecule has 2 rings (SSSR count). The van der Waals surface area contributed by atoms with Crippen molar-refractivity contribution in [2.75, 3.05) is 13.1 Å². The van der Waals surface area contributed by atoms with Gasteiger partial charge in [-0.1, -0.05) is 19.3 Å². The van der Waals surface area contributed by atoms with Crippen LogP contribution in [0.5, 0.6) is 0 Å². The Morgan fingerprint density at radius 3 is 2.57 bits per heavy atom. The first kappa shape index (κ1) is 10.4. The van der Waals surface area contributed by atoms with E-state index in [0.29, 0.717) is 12.1 Å². The lowest BCUT2D eigenvalue weighted by Gasteiger charge is -2.24. The van der Waals surface area contributed by atoms with Crippen molar-refractivity contribution in [2.24, 2.45) is 0 Å². The molecule has 1 aliphatic heterocycles. The van der Waals surface area contributed by atoms with Gasteiger partial charge >= 0.3 is 0 Å². The topological polar surface area (TPSA) is 33.3 Å². The van der Waals surface area contributed by atoms with Crippen LogP contribution in [-0.2, 0) is 4.84 Å². The van der Waals surface area contributed by atoms with Gasteiger partial charge in [-0.25, -0.2) is 5.48 Å². The smallest absolute Gasteiger partial charge is 0.0790 e. The zero-order chi connectivity index (χ0) is 9.64. The van der Waals surface area contributed by atoms with Gasteiger partial charge in [-0.15, -0.1) is 0 Å². The van der Waals surface area contributed by atoms with E-state index in [2.05, 4.69) is 10.8 Å². The van der Waals surface area contributed by atoms with Crippen LogP contribution in [0.15, 0.2) is 0 Å². The summed E-state index contributed by atoms with van der Waals surface area (Å²) in [6.07, 6.45) is 9.64. The van der Waals surface area contributed by atoms with Gasteiger partial charge in [0.25, 0.3) is 0 Å². The fraction of sp³-hybridized carbons (Fsp3) is 1.00. The van der Waals surface area contributed by atoms with Gasteiger partial charge in [-0.05, 0) is 32.2 Å². The van der Waals surface area contributed by atoms with Crippen LogP contribution in [0.3, 0.4) is 0 Å². The molecule has 2 N–H and O–H groups in total. The van der Waals surface area contributed by atoms with Crippen molar-refractivity contribution in [1.82, 2.24) is 10.8 Å². The van der Waals surface area contributed by atoms with Crippen LogP contribution in [0, 0.1) is 0 Å². The summed E-state index contributed by atoms with van der Waals surface area (Å²) in [5.41, 5.74) is 3.13. The summed E-state index contributed by atoms with van der Waals surface area (Å²) in [7, 11) is 0. The number of hydrogen-bond donors (Lipinski definition) is 2. The molecule has 0 amide bonds. The summed E-state index contributed by atoms with van der Waals surface area (Å²) in [6.45, 7) is 2.15. The highest BCUT2D eigenvalue weighted by atomic mass is 16.7. The van der Waals surface area contributed by atoms with Crippen molar-refractivity contribution in [2.45, 2.75) is 57.1 Å². The second kappa shape index (κ2) is 5.69. The number of hydrogen-bond acceptors (Lipinski definition) is 3. The Morgan fingerprint density at radius 2 is 1.86 bits per heavy atom. The molecule has 2 fully saturated rings. The molecule has 1 heterocycles. The Labute approximate surface area is 86.5 Å². The number of piperidine rings is 1. The van der Waals surface area contributed by atoms with Gasteiger partial charge in [-0.2, -0.15) is 0 Å². The minimum absolute atomic E-state index is 0.485. The molecule has 0 spiro atoms. The first-order valence-electron chi connectivity index (χ1n) is 6.07. The van der Waals surface area contributed by atoms with Gasteiger partial charge in [0.1, 0.15) is 0 Å². The molecule has 1 atom stereocenters. The molecule has 3 heteroatoms. The molecule has 0 aromatic carbocycles. The second-order valence-corrected chi connectivity index (χ2v) is 4.52. The van der Waals surface area contributed by atoms with Crippen molar-refractivity contribution in [3.8, 4) is 0 Å². The Morgan fingerprint density at radius 1 is 1.07 bits per heavy atom. The Bertz CT molecular complexity index is 151. The SMILES string of the molecule is C1CCC(CNOC2CCCC2)NC1. The van der Waals surface area contributed by atoms with Crippen LogP contribution >= 0.6 is 0 Å². The fourth-order valence-corrected chi connectivity index (χ4v) is 2.37. The summed E-state index contributed by atoms with van der Waals surface area (Å²) in [4.78, 5) is 5.62. The van der Waals surface area contributed by atoms with Gasteiger partial charge in [-0.3, -0.25) is 4.84 Å². The highest BCUT2D eigenvalue weighted by molar-refractivity contribution is 4.73. The van der Waals surface area contributed by atoms with E-state index < -0.39 is 0 Å². The second-order valence-electron chi connectivity index (χ2n) is 4.52. The molecule has 2 aliphatic rings. The molecule has 82 valence electrons. The first-order valence-corrected chi connectivity index (χ1v) is 6.07. The lowest BCUT2D eigenvalue weighted by Crippen LogP contribution is -2.42. The molecule has 0 radical (unpaired) electrons. The number of rotatable bonds is 4. The van der Waals surface area contributed by atoms with Gasteiger partial charge in [0, 0.05) is 12.6 Å². The Hall–Kier alpha value is -0.120. The Kier molecular flexibility index (Phi) is 4.22. The summed E-state index contributed by atoms with van der Waals surface area (Å²) in [5.74, 6) is 0. The van der Waals surface area contributed by atoms with Crippen molar-refractivity contribution >= 4 is 0 Å². The van der Waals surface area contributed by atoms with E-state index in [1.807, 2.05) is 0 Å². The van der Waals surface area contributed by atoms with Crippen molar-refractivity contribution in [1.29, 1.82) is 0 Å². The number of nitrogens with one attached hydrogen (secondary N) is 2. The van der Waals surface area contributed by atoms with E-state index >= 15 is 0 Å². The van der Waals surface area contributed by atoms with E-state index in [4.69, 9.17) is 4.84 Å². The lowest BCUT2D eigenvalue weighted by atomic mass is 10.1. The van der Waals surface area contributed by atoms with Crippen LogP contribution in [0.1, 0.15) is 44.9 Å². The average Bonchev–Trinajstić information content (AvgIpc) is 2.72. The highest BCUT2D eigenvalue weighted by Gasteiger charge is 2.17. The average molecular weight is 198 g/mol. The minimum Gasteiger partial charge on any atom is -0.313 e. The fourth-order valence-electron chi connectivity index (χ4n) is 2.37. The quantitative estimate of drug-likeness (QED) is 0.673. The predicted molar refractivity (Wildman–Crippen MR) is 57.0 cm³/mol. The van der Waals surface area contributed by atoms with Crippen LogP contribution in [-0.4, -0.2) is 25.2 Å². The van der Waals surface area contributed by atoms with E-state index in [1.54, 1.807) is 0 Å². The summed E-state index contributed by atoms with van der Waals surface area (Å²) >= 11 is 0. The third-order valence-corrected chi connectivity index (χ3v) is 3.29. The van der Waals surface area contributed by atoms with E-state index in [9.17, 15) is 0 Å². The molecular formula is C11H22N2O. The van der Waals surface area contributed by atoms with E-state index in [0.717, 1.165) is 6.54 Å². The molecule has 3 nitrogen and oxygen atoms in total. The molecule has 0 aromatic heterocycles. The third-order valence-electron chi connectivity index (χ3n) is 3.29. The maximum absolute atomic E-state index is 5.62. The van der Waals surface area contributed by atoms with Crippen molar-refractivity contribution in [3.05, 3.63) is 0 Å². The zero-order valence-corrected chi connectivity index (χ0v) is 8.93. The van der Waals surface area contributed by atoms with Crippen molar-refractivity contribution < 1.29 is 4.84 Å². The maximum atomic E-state index is 5.62. The molecular weight excluding hydrogens is 176 g/mol. The zero-order valence-electron chi connectivity index (χ0n) is 8.93. The summed E-state index contributed by atoms with van der Waals surface area (Å²) < 4.78 is 0. The van der Waals surface area contributed by atoms with Crippen LogP contribution in [0.2, 0.25) is 0 Å². The molecule has 0 bridgehead atoms. The van der Waals surface area contributed by atoms with Crippen LogP contribution in [0.4, 0.5) is 0 Å². The van der Waals surface area contributed by atoms with Gasteiger partial charge < -0.3 is 5.32 Å². The molecule has 1 saturated heterocycles. The monoisotopic (exact) mass is 198 g/mol. The van der Waals surface area contributed by atoms with Gasteiger partial charge in [0.2, 0.25) is 0 Å². The van der Waals surface area contributed by atoms with E-state index in [-0.39, 0.29) is 0 Å². The minimum atomic E-state index is 0.485. The highest BCUT2D eigenvalue weighted by Crippen LogP contribution is 2.19. The van der Waals surface area contributed by atoms with Gasteiger partial charge in [0.05, 0.1) is 6.10 Å². The molecule has 1 aliphatic carbocycles.